The van der Waals surface area contributed by atoms with Crippen molar-refractivity contribution in [2.45, 2.75) is 27.3 Å². The Morgan fingerprint density at radius 1 is 0.833 bits per heavy atom. The lowest BCUT2D eigenvalue weighted by atomic mass is 10.1. The summed E-state index contributed by atoms with van der Waals surface area (Å²) in [5, 5.41) is 8.97. The maximum atomic E-state index is 12.3. The summed E-state index contributed by atoms with van der Waals surface area (Å²) in [6.07, 6.45) is 0. The molecule has 0 aliphatic heterocycles. The van der Waals surface area contributed by atoms with Gasteiger partial charge in [-0.25, -0.2) is 0 Å². The number of carbonyl (C=O) groups is 2. The summed E-state index contributed by atoms with van der Waals surface area (Å²) < 4.78 is 0. The fraction of sp³-hybridized carbons (Fsp3) is 0.200. The molecule has 0 fully saturated rings. The van der Waals surface area contributed by atoms with Crippen LogP contribution in [-0.2, 0) is 11.3 Å². The van der Waals surface area contributed by atoms with Gasteiger partial charge in [0.25, 0.3) is 5.91 Å². The fourth-order valence-electron chi connectivity index (χ4n) is 3.36. The fourth-order valence-corrected chi connectivity index (χ4v) is 3.36. The second-order valence-electron chi connectivity index (χ2n) is 7.42. The predicted molar refractivity (Wildman–Crippen MR) is 122 cm³/mol. The summed E-state index contributed by atoms with van der Waals surface area (Å²) in [4.78, 5) is 24.6. The molecule has 0 bridgehead atoms. The van der Waals surface area contributed by atoms with Gasteiger partial charge in [0, 0.05) is 23.5 Å². The van der Waals surface area contributed by atoms with Crippen LogP contribution in [0.3, 0.4) is 0 Å². The zero-order chi connectivity index (χ0) is 21.5. The molecule has 0 spiro atoms. The van der Waals surface area contributed by atoms with Gasteiger partial charge in [0.1, 0.15) is 0 Å². The summed E-state index contributed by atoms with van der Waals surface area (Å²) in [7, 11) is 0. The Kier molecular flexibility index (Phi) is 6.86. The van der Waals surface area contributed by atoms with Crippen molar-refractivity contribution in [2.75, 3.05) is 17.2 Å². The number of nitrogens with one attached hydrogen (secondary N) is 3. The highest BCUT2D eigenvalue weighted by molar-refractivity contribution is 5.96. The minimum absolute atomic E-state index is 0.116. The highest BCUT2D eigenvalue weighted by atomic mass is 16.2. The topological polar surface area (TPSA) is 70.2 Å². The lowest BCUT2D eigenvalue weighted by Gasteiger charge is -2.13. The van der Waals surface area contributed by atoms with E-state index in [4.69, 9.17) is 0 Å². The Morgan fingerprint density at radius 2 is 1.47 bits per heavy atom. The van der Waals surface area contributed by atoms with E-state index in [1.165, 1.54) is 5.56 Å². The summed E-state index contributed by atoms with van der Waals surface area (Å²) in [5.74, 6) is -0.247. The van der Waals surface area contributed by atoms with Gasteiger partial charge in [-0.2, -0.15) is 0 Å². The Balaban J connectivity index is 1.50. The number of carbonyl (C=O) groups excluding carboxylic acids is 2. The molecule has 3 aromatic rings. The van der Waals surface area contributed by atoms with Crippen LogP contribution in [0.1, 0.15) is 32.6 Å². The quantitative estimate of drug-likeness (QED) is 0.542. The van der Waals surface area contributed by atoms with E-state index in [0.29, 0.717) is 12.1 Å². The van der Waals surface area contributed by atoms with Crippen LogP contribution in [0.5, 0.6) is 0 Å². The van der Waals surface area contributed by atoms with Gasteiger partial charge in [0.2, 0.25) is 5.91 Å². The minimum atomic E-state index is -0.131. The maximum Gasteiger partial charge on any atom is 0.251 e. The van der Waals surface area contributed by atoms with E-state index in [1.54, 1.807) is 24.3 Å². The number of amides is 2. The first-order chi connectivity index (χ1) is 14.4. The SMILES string of the molecule is Cc1cc(C)c(NC(=O)CNc2ccc(C(=O)NCc3ccccc3)cc2)c(C)c1. The third kappa shape index (κ3) is 5.70. The zero-order valence-corrected chi connectivity index (χ0v) is 17.6. The number of benzene rings is 3. The molecule has 0 aromatic heterocycles. The van der Waals surface area contributed by atoms with Gasteiger partial charge in [-0.15, -0.1) is 0 Å². The van der Waals surface area contributed by atoms with E-state index in [1.807, 2.05) is 51.1 Å². The van der Waals surface area contributed by atoms with E-state index in [9.17, 15) is 9.59 Å². The largest absolute Gasteiger partial charge is 0.376 e. The monoisotopic (exact) mass is 401 g/mol. The van der Waals surface area contributed by atoms with Crippen molar-refractivity contribution in [1.29, 1.82) is 0 Å². The molecule has 30 heavy (non-hydrogen) atoms. The average Bonchev–Trinajstić information content (AvgIpc) is 2.74. The van der Waals surface area contributed by atoms with E-state index in [2.05, 4.69) is 28.1 Å². The highest BCUT2D eigenvalue weighted by Gasteiger charge is 2.09. The maximum absolute atomic E-state index is 12.3. The van der Waals surface area contributed by atoms with Crippen LogP contribution in [0.15, 0.2) is 66.7 Å². The van der Waals surface area contributed by atoms with Crippen LogP contribution < -0.4 is 16.0 Å². The van der Waals surface area contributed by atoms with Gasteiger partial charge in [-0.1, -0.05) is 48.0 Å². The Hall–Kier alpha value is -3.60. The molecule has 3 aromatic carbocycles. The standard InChI is InChI=1S/C25H27N3O2/c1-17-13-18(2)24(19(3)14-17)28-23(29)16-26-22-11-9-21(10-12-22)25(30)27-15-20-7-5-4-6-8-20/h4-14,26H,15-16H2,1-3H3,(H,27,30)(H,28,29). The molecule has 0 saturated carbocycles. The van der Waals surface area contributed by atoms with E-state index in [0.717, 1.165) is 28.1 Å². The molecule has 5 nitrogen and oxygen atoms in total. The number of rotatable bonds is 7. The van der Waals surface area contributed by atoms with Crippen LogP contribution in [0.4, 0.5) is 11.4 Å². The molecule has 154 valence electrons. The molecule has 0 saturated heterocycles. The molecule has 0 aliphatic carbocycles. The molecule has 3 N–H and O–H groups in total. The number of anilines is 2. The van der Waals surface area contributed by atoms with Crippen molar-refractivity contribution in [2.24, 2.45) is 0 Å². The van der Waals surface area contributed by atoms with Crippen molar-refractivity contribution in [3.63, 3.8) is 0 Å². The van der Waals surface area contributed by atoms with Crippen molar-refractivity contribution < 1.29 is 9.59 Å². The molecule has 5 heteroatoms. The van der Waals surface area contributed by atoms with Crippen LogP contribution in [0.2, 0.25) is 0 Å². The number of hydrogen-bond donors (Lipinski definition) is 3. The van der Waals surface area contributed by atoms with Gasteiger partial charge in [0.05, 0.1) is 6.54 Å². The summed E-state index contributed by atoms with van der Waals surface area (Å²) in [5.41, 5.74) is 6.54. The summed E-state index contributed by atoms with van der Waals surface area (Å²) >= 11 is 0. The predicted octanol–water partition coefficient (Wildman–Crippen LogP) is 4.59. The first-order valence-corrected chi connectivity index (χ1v) is 9.96. The molecule has 0 atom stereocenters. The van der Waals surface area contributed by atoms with Gasteiger partial charge < -0.3 is 16.0 Å². The van der Waals surface area contributed by atoms with Crippen LogP contribution >= 0.6 is 0 Å². The smallest absolute Gasteiger partial charge is 0.251 e. The molecule has 0 heterocycles. The Bertz CT molecular complexity index is 1010. The number of hydrogen-bond acceptors (Lipinski definition) is 3. The van der Waals surface area contributed by atoms with Gasteiger partial charge in [-0.3, -0.25) is 9.59 Å². The second kappa shape index (κ2) is 9.74. The Labute approximate surface area is 177 Å². The highest BCUT2D eigenvalue weighted by Crippen LogP contribution is 2.21. The first kappa shape index (κ1) is 21.1. The molecule has 2 amide bonds. The summed E-state index contributed by atoms with van der Waals surface area (Å²) in [6.45, 7) is 6.65. The molecule has 3 rings (SSSR count). The first-order valence-electron chi connectivity index (χ1n) is 9.96. The lowest BCUT2D eigenvalue weighted by Crippen LogP contribution is -2.23. The minimum Gasteiger partial charge on any atom is -0.376 e. The van der Waals surface area contributed by atoms with Crippen molar-refractivity contribution in [1.82, 2.24) is 5.32 Å². The van der Waals surface area contributed by atoms with Crippen molar-refractivity contribution in [3.8, 4) is 0 Å². The molecule has 0 unspecified atom stereocenters. The van der Waals surface area contributed by atoms with Crippen molar-refractivity contribution in [3.05, 3.63) is 94.5 Å². The van der Waals surface area contributed by atoms with Gasteiger partial charge >= 0.3 is 0 Å². The normalized spacial score (nSPS) is 10.4. The molecular weight excluding hydrogens is 374 g/mol. The third-order valence-electron chi connectivity index (χ3n) is 4.84. The molecule has 0 aliphatic rings. The van der Waals surface area contributed by atoms with Crippen molar-refractivity contribution >= 4 is 23.2 Å². The van der Waals surface area contributed by atoms with Crippen LogP contribution in [0, 0.1) is 20.8 Å². The van der Waals surface area contributed by atoms with Crippen LogP contribution in [0.25, 0.3) is 0 Å². The van der Waals surface area contributed by atoms with E-state index in [-0.39, 0.29) is 18.4 Å². The second-order valence-corrected chi connectivity index (χ2v) is 7.42. The average molecular weight is 402 g/mol. The Morgan fingerprint density at radius 3 is 2.10 bits per heavy atom. The van der Waals surface area contributed by atoms with Gasteiger partial charge in [0.15, 0.2) is 0 Å². The van der Waals surface area contributed by atoms with Crippen LogP contribution in [-0.4, -0.2) is 18.4 Å². The summed E-state index contributed by atoms with van der Waals surface area (Å²) in [6, 6.07) is 21.0. The zero-order valence-electron chi connectivity index (χ0n) is 17.6. The van der Waals surface area contributed by atoms with E-state index >= 15 is 0 Å². The third-order valence-corrected chi connectivity index (χ3v) is 4.84. The number of aryl methyl sites for hydroxylation is 3. The molecular formula is C25H27N3O2. The lowest BCUT2D eigenvalue weighted by molar-refractivity contribution is -0.114. The van der Waals surface area contributed by atoms with E-state index < -0.39 is 0 Å². The van der Waals surface area contributed by atoms with Gasteiger partial charge in [-0.05, 0) is 61.7 Å². The molecule has 0 radical (unpaired) electrons.